The van der Waals surface area contributed by atoms with E-state index in [2.05, 4.69) is 0 Å². The van der Waals surface area contributed by atoms with Gasteiger partial charge in [0.2, 0.25) is 11.3 Å². The Labute approximate surface area is 129 Å². The van der Waals surface area contributed by atoms with Crippen LogP contribution in [0.1, 0.15) is 44.3 Å². The fourth-order valence-corrected chi connectivity index (χ4v) is 5.57. The first-order valence-corrected chi connectivity index (χ1v) is 9.17. The van der Waals surface area contributed by atoms with E-state index in [0.717, 1.165) is 30.1 Å². The maximum Gasteiger partial charge on any atom is 0.328 e. The van der Waals surface area contributed by atoms with Crippen LogP contribution in [0, 0.1) is 23.0 Å². The molecule has 0 atom stereocenters. The predicted molar refractivity (Wildman–Crippen MR) is 78.2 cm³/mol. The average molecular weight is 325 g/mol. The van der Waals surface area contributed by atoms with Gasteiger partial charge in [0.05, 0.1) is 0 Å². The van der Waals surface area contributed by atoms with Crippen LogP contribution in [-0.2, 0) is 10.1 Å². The molecular weight excluding hydrogens is 306 g/mol. The monoisotopic (exact) mass is 325 g/mol. The molecule has 0 aliphatic heterocycles. The normalized spacial score (nSPS) is 37.7. The second-order valence-electron chi connectivity index (χ2n) is 7.23. The number of hydroxylamine groups is 1. The van der Waals surface area contributed by atoms with E-state index in [1.165, 1.54) is 31.5 Å². The summed E-state index contributed by atoms with van der Waals surface area (Å²) in [6, 6.07) is 2.56. The lowest BCUT2D eigenvalue weighted by Crippen LogP contribution is -2.55. The summed E-state index contributed by atoms with van der Waals surface area (Å²) in [7, 11) is -4.37. The summed E-state index contributed by atoms with van der Waals surface area (Å²) in [5, 5.41) is 12.2. The highest BCUT2D eigenvalue weighted by atomic mass is 32.2. The first-order valence-electron chi connectivity index (χ1n) is 7.73. The molecule has 22 heavy (non-hydrogen) atoms. The van der Waals surface area contributed by atoms with Crippen molar-refractivity contribution in [2.75, 3.05) is 0 Å². The van der Waals surface area contributed by atoms with Gasteiger partial charge < -0.3 is 9.62 Å². The van der Waals surface area contributed by atoms with E-state index in [1.54, 1.807) is 0 Å². The summed E-state index contributed by atoms with van der Waals surface area (Å²) in [4.78, 5) is 0. The van der Waals surface area contributed by atoms with Crippen molar-refractivity contribution in [2.24, 2.45) is 17.8 Å². The summed E-state index contributed by atoms with van der Waals surface area (Å²) in [6.07, 6.45) is 7.85. The fourth-order valence-electron chi connectivity index (χ4n) is 5.13. The van der Waals surface area contributed by atoms with Crippen LogP contribution < -0.4 is 0 Å². The molecule has 0 amide bonds. The van der Waals surface area contributed by atoms with E-state index < -0.39 is 15.2 Å². The van der Waals surface area contributed by atoms with Gasteiger partial charge in [0, 0.05) is 19.3 Å². The summed E-state index contributed by atoms with van der Waals surface area (Å²) in [5.74, 6) is 2.13. The lowest BCUT2D eigenvalue weighted by atomic mass is 9.53. The van der Waals surface area contributed by atoms with Gasteiger partial charge in [-0.2, -0.15) is 8.42 Å². The fraction of sp³-hybridized carbons (Fsp3) is 0.667. The van der Waals surface area contributed by atoms with Crippen LogP contribution in [0.3, 0.4) is 0 Å². The first kappa shape index (κ1) is 14.3. The lowest BCUT2D eigenvalue weighted by Gasteiger charge is -2.54. The number of hydrogen-bond acceptors (Lipinski definition) is 4. The summed E-state index contributed by atoms with van der Waals surface area (Å²) in [6.45, 7) is 0. The van der Waals surface area contributed by atoms with E-state index in [4.69, 9.17) is 8.97 Å². The summed E-state index contributed by atoms with van der Waals surface area (Å²) in [5.41, 5.74) is -0.347. The van der Waals surface area contributed by atoms with Crippen LogP contribution in [0.15, 0.2) is 21.6 Å². The molecule has 4 bridgehead atoms. The molecule has 4 fully saturated rings. The molecule has 1 heterocycles. The molecule has 0 spiro atoms. The van der Waals surface area contributed by atoms with Crippen molar-refractivity contribution in [1.29, 1.82) is 0 Å². The Morgan fingerprint density at radius 3 is 2.18 bits per heavy atom. The van der Waals surface area contributed by atoms with Crippen LogP contribution in [0.25, 0.3) is 0 Å². The zero-order chi connectivity index (χ0) is 15.5. The van der Waals surface area contributed by atoms with Crippen LogP contribution >= 0.6 is 0 Å². The van der Waals surface area contributed by atoms with Crippen LogP contribution in [-0.4, -0.2) is 29.5 Å². The van der Waals surface area contributed by atoms with Crippen molar-refractivity contribution in [1.82, 2.24) is 0 Å². The predicted octanol–water partition coefficient (Wildman–Crippen LogP) is 2.42. The van der Waals surface area contributed by atoms with Crippen molar-refractivity contribution < 1.29 is 22.1 Å². The molecule has 1 aromatic heterocycles. The lowest BCUT2D eigenvalue weighted by molar-refractivity contribution is -0.566. The minimum absolute atomic E-state index is 0.165. The van der Waals surface area contributed by atoms with E-state index in [-0.39, 0.29) is 11.3 Å². The van der Waals surface area contributed by atoms with Crippen molar-refractivity contribution >= 4 is 16.3 Å². The Hall–Kier alpha value is -1.34. The second-order valence-corrected chi connectivity index (χ2v) is 8.58. The molecule has 0 unspecified atom stereocenters. The van der Waals surface area contributed by atoms with Crippen molar-refractivity contribution in [3.8, 4) is 0 Å². The number of hydrogen-bond donors (Lipinski definition) is 1. The molecule has 7 heteroatoms. The highest BCUT2D eigenvalue weighted by molar-refractivity contribution is 7.85. The van der Waals surface area contributed by atoms with Gasteiger partial charge in [-0.15, -0.1) is 0 Å². The highest BCUT2D eigenvalue weighted by Gasteiger charge is 2.56. The van der Waals surface area contributed by atoms with Crippen LogP contribution in [0.4, 0.5) is 0 Å². The van der Waals surface area contributed by atoms with Gasteiger partial charge in [-0.3, -0.25) is 4.55 Å². The number of furan rings is 1. The molecule has 1 N–H and O–H groups in total. The molecule has 0 aromatic carbocycles. The zero-order valence-electron chi connectivity index (χ0n) is 12.1. The smallest absolute Gasteiger partial charge is 0.328 e. The molecule has 4 saturated carbocycles. The number of rotatable bonds is 3. The van der Waals surface area contributed by atoms with Crippen molar-refractivity contribution in [3.05, 3.63) is 23.1 Å². The summed E-state index contributed by atoms with van der Waals surface area (Å²) >= 11 is 0. The maximum atomic E-state index is 12.7. The molecule has 6 nitrogen and oxygen atoms in total. The standard InChI is InChI=1S/C15H19NO5S/c17-16(9-13-1-2-14(21-13)22(18,19)20)15-6-10-3-11(7-15)5-12(4-10)8-15/h1-2,9-12H,3-8H2,(H,18,19,20)/b16-9-. The molecule has 0 saturated heterocycles. The summed E-state index contributed by atoms with van der Waals surface area (Å²) < 4.78 is 37.0. The van der Waals surface area contributed by atoms with Gasteiger partial charge in [0.1, 0.15) is 0 Å². The third-order valence-electron chi connectivity index (χ3n) is 5.57. The van der Waals surface area contributed by atoms with Gasteiger partial charge in [0.25, 0.3) is 0 Å². The Morgan fingerprint density at radius 1 is 1.18 bits per heavy atom. The molecule has 120 valence electrons. The minimum atomic E-state index is -4.37. The van der Waals surface area contributed by atoms with E-state index in [1.807, 2.05) is 0 Å². The third kappa shape index (κ3) is 2.27. The van der Waals surface area contributed by atoms with Gasteiger partial charge in [0.15, 0.2) is 11.3 Å². The van der Waals surface area contributed by atoms with Gasteiger partial charge in [-0.25, -0.2) is 4.74 Å². The third-order valence-corrected chi connectivity index (χ3v) is 6.30. The molecule has 5 rings (SSSR count). The molecule has 0 radical (unpaired) electrons. The molecule has 4 aliphatic carbocycles. The zero-order valence-corrected chi connectivity index (χ0v) is 13.0. The Kier molecular flexibility index (Phi) is 2.97. The van der Waals surface area contributed by atoms with Crippen LogP contribution in [0.5, 0.6) is 0 Å². The second kappa shape index (κ2) is 4.58. The largest absolute Gasteiger partial charge is 0.623 e. The van der Waals surface area contributed by atoms with E-state index >= 15 is 0 Å². The quantitative estimate of drug-likeness (QED) is 0.303. The number of nitrogens with zero attached hydrogens (tertiary/aromatic N) is 1. The SMILES string of the molecule is O=S(=O)(O)c1ccc(/C=[N+](\[O-])C23CC4CC(CC(C4)C2)C3)o1. The van der Waals surface area contributed by atoms with Crippen LogP contribution in [0.2, 0.25) is 0 Å². The van der Waals surface area contributed by atoms with Gasteiger partial charge in [-0.1, -0.05) is 0 Å². The maximum absolute atomic E-state index is 12.7. The molecule has 1 aromatic rings. The van der Waals surface area contributed by atoms with Crippen molar-refractivity contribution in [3.63, 3.8) is 0 Å². The van der Waals surface area contributed by atoms with Gasteiger partial charge in [-0.05, 0) is 49.1 Å². The Bertz CT molecular complexity index is 698. The Balaban J connectivity index is 1.64. The Morgan fingerprint density at radius 2 is 1.73 bits per heavy atom. The van der Waals surface area contributed by atoms with Gasteiger partial charge >= 0.3 is 10.1 Å². The average Bonchev–Trinajstić information content (AvgIpc) is 2.85. The first-order chi connectivity index (χ1) is 10.3. The molecular formula is C15H19NO5S. The van der Waals surface area contributed by atoms with E-state index in [0.29, 0.717) is 17.8 Å². The molecule has 4 aliphatic rings. The highest BCUT2D eigenvalue weighted by Crippen LogP contribution is 2.56. The topological polar surface area (TPSA) is 93.6 Å². The van der Waals surface area contributed by atoms with Crippen molar-refractivity contribution in [2.45, 2.75) is 49.2 Å². The van der Waals surface area contributed by atoms with E-state index in [9.17, 15) is 13.6 Å². The minimum Gasteiger partial charge on any atom is -0.623 e.